The first kappa shape index (κ1) is 94.1. The number of carbonyl (C=O) groups is 4. The van der Waals surface area contributed by atoms with Crippen LogP contribution in [0.4, 0.5) is 0 Å². The molecule has 19 heteroatoms. The lowest BCUT2D eigenvalue weighted by atomic mass is 10.0. The molecule has 0 spiro atoms. The summed E-state index contributed by atoms with van der Waals surface area (Å²) in [7, 11) is -9.91. The van der Waals surface area contributed by atoms with E-state index in [9.17, 15) is 43.2 Å². The Bertz CT molecular complexity index is 1830. The predicted molar refractivity (Wildman–Crippen MR) is 391 cm³/mol. The molecular weight excluding hydrogens is 1260 g/mol. The van der Waals surface area contributed by atoms with E-state index in [1.807, 2.05) is 0 Å². The summed E-state index contributed by atoms with van der Waals surface area (Å²) in [5.74, 6) is -2.11. The Kier molecular flexibility index (Phi) is 70.0. The van der Waals surface area contributed by atoms with Crippen molar-refractivity contribution >= 4 is 39.5 Å². The molecule has 0 aliphatic rings. The first-order valence-electron chi connectivity index (χ1n) is 40.3. The lowest BCUT2D eigenvalue weighted by Gasteiger charge is -2.21. The second-order valence-electron chi connectivity index (χ2n) is 27.7. The molecule has 0 fully saturated rings. The number of phosphoric ester groups is 2. The highest BCUT2D eigenvalue weighted by atomic mass is 31.2. The Labute approximate surface area is 588 Å². The van der Waals surface area contributed by atoms with E-state index in [2.05, 4.69) is 27.7 Å². The second-order valence-corrected chi connectivity index (χ2v) is 30.7. The molecule has 0 radical (unpaired) electrons. The molecule has 5 atom stereocenters. The normalized spacial score (nSPS) is 13.9. The fraction of sp³-hybridized carbons (Fsp3) is 0.948. The number of unbranched alkanes of at least 4 members (excludes halogenated alkanes) is 52. The van der Waals surface area contributed by atoms with Gasteiger partial charge in [0.25, 0.3) is 0 Å². The van der Waals surface area contributed by atoms with Crippen LogP contribution in [0, 0.1) is 0 Å². The Morgan fingerprint density at radius 1 is 0.250 bits per heavy atom. The van der Waals surface area contributed by atoms with Gasteiger partial charge in [0, 0.05) is 25.7 Å². The van der Waals surface area contributed by atoms with Crippen LogP contribution in [-0.2, 0) is 65.4 Å². The van der Waals surface area contributed by atoms with Crippen LogP contribution >= 0.6 is 15.6 Å². The summed E-state index contributed by atoms with van der Waals surface area (Å²) in [6, 6.07) is 0. The lowest BCUT2D eigenvalue weighted by molar-refractivity contribution is -0.161. The molecule has 0 aromatic heterocycles. The van der Waals surface area contributed by atoms with E-state index in [4.69, 9.17) is 37.0 Å². The van der Waals surface area contributed by atoms with Crippen molar-refractivity contribution in [3.63, 3.8) is 0 Å². The topological polar surface area (TPSA) is 237 Å². The minimum atomic E-state index is -4.96. The third-order valence-corrected chi connectivity index (χ3v) is 20.0. The van der Waals surface area contributed by atoms with E-state index < -0.39 is 97.5 Å². The highest BCUT2D eigenvalue weighted by Gasteiger charge is 2.30. The summed E-state index contributed by atoms with van der Waals surface area (Å²) in [5.41, 5.74) is 0. The van der Waals surface area contributed by atoms with Crippen LogP contribution in [0.15, 0.2) is 0 Å². The van der Waals surface area contributed by atoms with E-state index in [-0.39, 0.29) is 25.7 Å². The van der Waals surface area contributed by atoms with Crippen molar-refractivity contribution in [1.29, 1.82) is 0 Å². The summed E-state index contributed by atoms with van der Waals surface area (Å²) in [6.07, 6.45) is 62.5. The SMILES string of the molecule is CCCCCCCCCCCCCCCCCCCCCCCCC(=O)O[C@H](COC(=O)CCCCCCCCCCCCCCC)COP(=O)(O)OC[C@@H](O)COP(=O)(O)OC[C@@H](COC(=O)CCCCCCCCCCC)OC(=O)CCCCCCCCCCCCCC. The number of ether oxygens (including phenoxy) is 4. The molecular formula is C77H150O17P2. The van der Waals surface area contributed by atoms with Crippen LogP contribution in [-0.4, -0.2) is 96.7 Å². The molecule has 0 saturated heterocycles. The number of aliphatic hydroxyl groups excluding tert-OH is 1. The first-order chi connectivity index (χ1) is 46.7. The average Bonchev–Trinajstić information content (AvgIpc) is 1.22. The standard InChI is InChI=1S/C77H150O17P2/c1-5-9-13-17-21-25-28-31-32-33-34-35-36-37-38-39-41-44-48-52-56-60-64-77(82)94-73(68-88-75(80)62-58-54-50-46-43-40-29-26-22-18-14-10-6-2)70-92-96(85,86)90-66-71(78)65-89-95(83,84)91-69-72(67-87-74(79)61-57-53-49-45-24-20-16-12-8-4)93-76(81)63-59-55-51-47-42-30-27-23-19-15-11-7-3/h71-73,78H,5-70H2,1-4H3,(H,83,84)(H,85,86)/t71-,72+,73+/m0/s1. The van der Waals surface area contributed by atoms with Crippen molar-refractivity contribution < 1.29 is 80.2 Å². The van der Waals surface area contributed by atoms with Crippen molar-refractivity contribution in [3.8, 4) is 0 Å². The molecule has 0 aliphatic carbocycles. The second kappa shape index (κ2) is 71.5. The van der Waals surface area contributed by atoms with Crippen molar-refractivity contribution in [2.75, 3.05) is 39.6 Å². The van der Waals surface area contributed by atoms with Crippen LogP contribution in [0.3, 0.4) is 0 Å². The Morgan fingerprint density at radius 3 is 0.615 bits per heavy atom. The number of carbonyl (C=O) groups excluding carboxylic acids is 4. The monoisotopic (exact) mass is 1410 g/mol. The van der Waals surface area contributed by atoms with Crippen molar-refractivity contribution in [3.05, 3.63) is 0 Å². The fourth-order valence-electron chi connectivity index (χ4n) is 11.9. The lowest BCUT2D eigenvalue weighted by Crippen LogP contribution is -2.30. The largest absolute Gasteiger partial charge is 0.472 e. The third-order valence-electron chi connectivity index (χ3n) is 18.1. The summed E-state index contributed by atoms with van der Waals surface area (Å²) in [5, 5.41) is 10.6. The molecule has 0 amide bonds. The minimum Gasteiger partial charge on any atom is -0.462 e. The van der Waals surface area contributed by atoms with Gasteiger partial charge < -0.3 is 33.8 Å². The molecule has 0 aromatic carbocycles. The Balaban J connectivity index is 5.16. The molecule has 0 saturated carbocycles. The molecule has 0 bridgehead atoms. The smallest absolute Gasteiger partial charge is 0.462 e. The quantitative estimate of drug-likeness (QED) is 0.0222. The molecule has 0 aromatic rings. The van der Waals surface area contributed by atoms with Gasteiger partial charge in [-0.25, -0.2) is 9.13 Å². The van der Waals surface area contributed by atoms with E-state index in [0.29, 0.717) is 25.7 Å². The van der Waals surface area contributed by atoms with Gasteiger partial charge in [-0.15, -0.1) is 0 Å². The fourth-order valence-corrected chi connectivity index (χ4v) is 13.5. The maximum absolute atomic E-state index is 13.1. The number of esters is 4. The average molecular weight is 1410 g/mol. The highest BCUT2D eigenvalue weighted by molar-refractivity contribution is 7.47. The van der Waals surface area contributed by atoms with Gasteiger partial charge in [0.2, 0.25) is 0 Å². The molecule has 570 valence electrons. The van der Waals surface area contributed by atoms with Gasteiger partial charge in [0.15, 0.2) is 12.2 Å². The predicted octanol–water partition coefficient (Wildman–Crippen LogP) is 23.0. The van der Waals surface area contributed by atoms with Crippen LogP contribution < -0.4 is 0 Å². The molecule has 2 unspecified atom stereocenters. The number of hydrogen-bond donors (Lipinski definition) is 3. The third kappa shape index (κ3) is 70.5. The van der Waals surface area contributed by atoms with E-state index >= 15 is 0 Å². The van der Waals surface area contributed by atoms with Crippen molar-refractivity contribution in [2.45, 2.75) is 431 Å². The van der Waals surface area contributed by atoms with Crippen LogP contribution in [0.5, 0.6) is 0 Å². The van der Waals surface area contributed by atoms with Gasteiger partial charge in [-0.05, 0) is 25.7 Å². The zero-order valence-electron chi connectivity index (χ0n) is 62.4. The van der Waals surface area contributed by atoms with Gasteiger partial charge in [-0.2, -0.15) is 0 Å². The van der Waals surface area contributed by atoms with Gasteiger partial charge in [0.05, 0.1) is 26.4 Å². The zero-order valence-corrected chi connectivity index (χ0v) is 64.1. The van der Waals surface area contributed by atoms with E-state index in [0.717, 1.165) is 89.9 Å². The molecule has 0 heterocycles. The van der Waals surface area contributed by atoms with Crippen molar-refractivity contribution in [1.82, 2.24) is 0 Å². The minimum absolute atomic E-state index is 0.108. The van der Waals surface area contributed by atoms with Crippen LogP contribution in [0.25, 0.3) is 0 Å². The van der Waals surface area contributed by atoms with Gasteiger partial charge >= 0.3 is 39.5 Å². The zero-order chi connectivity index (χ0) is 70.4. The van der Waals surface area contributed by atoms with E-state index in [1.165, 1.54) is 244 Å². The number of rotatable bonds is 78. The molecule has 17 nitrogen and oxygen atoms in total. The summed E-state index contributed by atoms with van der Waals surface area (Å²) in [6.45, 7) is 4.98. The van der Waals surface area contributed by atoms with Crippen LogP contribution in [0.2, 0.25) is 0 Å². The summed E-state index contributed by atoms with van der Waals surface area (Å²) >= 11 is 0. The van der Waals surface area contributed by atoms with Gasteiger partial charge in [-0.3, -0.25) is 37.3 Å². The number of hydrogen-bond acceptors (Lipinski definition) is 15. The number of phosphoric acid groups is 2. The highest BCUT2D eigenvalue weighted by Crippen LogP contribution is 2.45. The Hall–Kier alpha value is -1.94. The van der Waals surface area contributed by atoms with Gasteiger partial charge in [-0.1, -0.05) is 362 Å². The van der Waals surface area contributed by atoms with Crippen LogP contribution in [0.1, 0.15) is 413 Å². The maximum Gasteiger partial charge on any atom is 0.472 e. The first-order valence-corrected chi connectivity index (χ1v) is 43.3. The summed E-state index contributed by atoms with van der Waals surface area (Å²) in [4.78, 5) is 72.7. The maximum atomic E-state index is 13.1. The number of aliphatic hydroxyl groups is 1. The molecule has 0 aliphatic heterocycles. The van der Waals surface area contributed by atoms with Gasteiger partial charge in [0.1, 0.15) is 19.3 Å². The molecule has 0 rings (SSSR count). The molecule has 3 N–H and O–H groups in total. The Morgan fingerprint density at radius 2 is 0.417 bits per heavy atom. The van der Waals surface area contributed by atoms with E-state index in [1.54, 1.807) is 0 Å². The summed E-state index contributed by atoms with van der Waals surface area (Å²) < 4.78 is 68.5. The molecule has 96 heavy (non-hydrogen) atoms. The van der Waals surface area contributed by atoms with Crippen molar-refractivity contribution in [2.24, 2.45) is 0 Å².